The molecule has 5 heteroatoms. The van der Waals surface area contributed by atoms with Crippen molar-refractivity contribution in [2.75, 3.05) is 26.2 Å². The van der Waals surface area contributed by atoms with Gasteiger partial charge >= 0.3 is 0 Å². The Labute approximate surface area is 195 Å². The van der Waals surface area contributed by atoms with Gasteiger partial charge in [0, 0.05) is 31.1 Å². The summed E-state index contributed by atoms with van der Waals surface area (Å²) in [5, 5.41) is 2.07. The van der Waals surface area contributed by atoms with Crippen LogP contribution in [-0.2, 0) is 17.8 Å². The summed E-state index contributed by atoms with van der Waals surface area (Å²) in [6.07, 6.45) is 8.27. The van der Waals surface area contributed by atoms with Crippen molar-refractivity contribution < 1.29 is 4.79 Å². The van der Waals surface area contributed by atoms with Crippen LogP contribution in [-0.4, -0.2) is 46.9 Å². The number of hydrogen-bond donors (Lipinski definition) is 1. The number of aromatic nitrogens is 1. The lowest BCUT2D eigenvalue weighted by atomic mass is 9.89. The summed E-state index contributed by atoms with van der Waals surface area (Å²) in [5.41, 5.74) is 5.19. The summed E-state index contributed by atoms with van der Waals surface area (Å²) in [5.74, 6) is 0.915. The van der Waals surface area contributed by atoms with Gasteiger partial charge in [0.2, 0.25) is 5.91 Å². The van der Waals surface area contributed by atoms with Crippen molar-refractivity contribution in [2.24, 2.45) is 0 Å². The van der Waals surface area contributed by atoms with Crippen LogP contribution in [0.2, 0.25) is 5.02 Å². The molecule has 0 bridgehead atoms. The van der Waals surface area contributed by atoms with E-state index in [1.165, 1.54) is 34.9 Å². The highest BCUT2D eigenvalue weighted by molar-refractivity contribution is 6.35. The molecule has 0 atom stereocenters. The number of carbonyl (C=O) groups excluding carboxylic acids is 1. The molecule has 2 aromatic carbocycles. The van der Waals surface area contributed by atoms with Gasteiger partial charge in [-0.25, -0.2) is 0 Å². The fraction of sp³-hybridized carbons (Fsp3) is 0.444. The van der Waals surface area contributed by atoms with E-state index in [4.69, 9.17) is 11.6 Å². The molecule has 4 nitrogen and oxygen atoms in total. The van der Waals surface area contributed by atoms with Crippen LogP contribution in [0.1, 0.15) is 54.7 Å². The van der Waals surface area contributed by atoms with Gasteiger partial charge in [-0.3, -0.25) is 4.79 Å². The Morgan fingerprint density at radius 2 is 1.81 bits per heavy atom. The van der Waals surface area contributed by atoms with Crippen LogP contribution in [0.5, 0.6) is 0 Å². The maximum absolute atomic E-state index is 12.7. The lowest BCUT2D eigenvalue weighted by Gasteiger charge is -2.32. The zero-order valence-electron chi connectivity index (χ0n) is 18.7. The topological polar surface area (TPSA) is 39.3 Å². The minimum Gasteiger partial charge on any atom is -0.360 e. The molecule has 0 saturated carbocycles. The Kier molecular flexibility index (Phi) is 6.52. The van der Waals surface area contributed by atoms with Gasteiger partial charge in [-0.15, -0.1) is 0 Å². The highest BCUT2D eigenvalue weighted by Gasteiger charge is 2.23. The molecule has 1 fully saturated rings. The van der Waals surface area contributed by atoms with Crippen molar-refractivity contribution in [3.63, 3.8) is 0 Å². The van der Waals surface area contributed by atoms with Gasteiger partial charge in [-0.1, -0.05) is 48.0 Å². The SMILES string of the molecule is O=C(CCCCN1CCC(c2c[nH]c3c(Cl)cccc23)CC1)N1CCc2ccccc2C1. The number of nitrogens with zero attached hydrogens (tertiary/aromatic N) is 2. The van der Waals surface area contributed by atoms with E-state index in [1.807, 2.05) is 17.0 Å². The number of H-pyrrole nitrogens is 1. The highest BCUT2D eigenvalue weighted by atomic mass is 35.5. The Morgan fingerprint density at radius 3 is 2.66 bits per heavy atom. The van der Waals surface area contributed by atoms with E-state index in [1.54, 1.807) is 0 Å². The number of para-hydroxylation sites is 1. The molecule has 2 aliphatic rings. The molecule has 0 radical (unpaired) electrons. The smallest absolute Gasteiger partial charge is 0.222 e. The standard InChI is InChI=1S/C27H32ClN3O/c28-25-9-5-8-23-24(18-29-27(23)25)21-11-15-30(16-12-21)14-4-3-10-26(32)31-17-13-20-6-1-2-7-22(20)19-31/h1-2,5-9,18,21,29H,3-4,10-17,19H2. The second-order valence-electron chi connectivity index (χ2n) is 9.31. The number of benzene rings is 2. The van der Waals surface area contributed by atoms with Crippen molar-refractivity contribution in [3.05, 3.63) is 70.4 Å². The average molecular weight is 450 g/mol. The first-order chi connectivity index (χ1) is 15.7. The van der Waals surface area contributed by atoms with Crippen LogP contribution in [0.15, 0.2) is 48.7 Å². The van der Waals surface area contributed by atoms with Gasteiger partial charge in [0.1, 0.15) is 0 Å². The third-order valence-corrected chi connectivity index (χ3v) is 7.64. The minimum absolute atomic E-state index is 0.316. The minimum atomic E-state index is 0.316. The normalized spacial score (nSPS) is 17.6. The highest BCUT2D eigenvalue weighted by Crippen LogP contribution is 2.35. The zero-order valence-corrected chi connectivity index (χ0v) is 19.4. The number of fused-ring (bicyclic) bond motifs is 2. The molecule has 168 valence electrons. The summed E-state index contributed by atoms with van der Waals surface area (Å²) in [6, 6.07) is 14.7. The molecule has 5 rings (SSSR count). The van der Waals surface area contributed by atoms with E-state index in [0.717, 1.165) is 62.5 Å². The number of aromatic amines is 1. The van der Waals surface area contributed by atoms with Crippen molar-refractivity contribution >= 4 is 28.4 Å². The molecule has 1 amide bonds. The molecule has 2 aliphatic heterocycles. The lowest BCUT2D eigenvalue weighted by molar-refractivity contribution is -0.132. The Morgan fingerprint density at radius 1 is 1.00 bits per heavy atom. The van der Waals surface area contributed by atoms with Crippen molar-refractivity contribution in [1.29, 1.82) is 0 Å². The van der Waals surface area contributed by atoms with E-state index >= 15 is 0 Å². The molecular formula is C27H32ClN3O. The van der Waals surface area contributed by atoms with Gasteiger partial charge in [-0.2, -0.15) is 0 Å². The van der Waals surface area contributed by atoms with E-state index in [-0.39, 0.29) is 0 Å². The van der Waals surface area contributed by atoms with Gasteiger partial charge in [0.25, 0.3) is 0 Å². The van der Waals surface area contributed by atoms with Gasteiger partial charge in [0.15, 0.2) is 0 Å². The first-order valence-electron chi connectivity index (χ1n) is 12.0. The molecule has 0 spiro atoms. The Balaban J connectivity index is 1.04. The summed E-state index contributed by atoms with van der Waals surface area (Å²) in [7, 11) is 0. The van der Waals surface area contributed by atoms with Gasteiger partial charge in [-0.05, 0) is 80.4 Å². The zero-order chi connectivity index (χ0) is 21.9. The number of hydrogen-bond acceptors (Lipinski definition) is 2. The average Bonchev–Trinajstić information content (AvgIpc) is 3.27. The first-order valence-corrected chi connectivity index (χ1v) is 12.4. The number of halogens is 1. The number of likely N-dealkylation sites (tertiary alicyclic amines) is 1. The third-order valence-electron chi connectivity index (χ3n) is 7.32. The predicted octanol–water partition coefficient (Wildman–Crippen LogP) is 5.76. The quantitative estimate of drug-likeness (QED) is 0.486. The second kappa shape index (κ2) is 9.68. The maximum Gasteiger partial charge on any atom is 0.222 e. The summed E-state index contributed by atoms with van der Waals surface area (Å²) < 4.78 is 0. The molecular weight excluding hydrogens is 418 g/mol. The second-order valence-corrected chi connectivity index (χ2v) is 9.72. The number of carbonyl (C=O) groups is 1. The van der Waals surface area contributed by atoms with Crippen LogP contribution >= 0.6 is 11.6 Å². The summed E-state index contributed by atoms with van der Waals surface area (Å²) >= 11 is 6.33. The van der Waals surface area contributed by atoms with Crippen molar-refractivity contribution in [2.45, 2.75) is 51.0 Å². The third kappa shape index (κ3) is 4.57. The maximum atomic E-state index is 12.7. The summed E-state index contributed by atoms with van der Waals surface area (Å²) in [6.45, 7) is 5.01. The summed E-state index contributed by atoms with van der Waals surface area (Å²) in [4.78, 5) is 20.6. The van der Waals surface area contributed by atoms with E-state index in [9.17, 15) is 4.79 Å². The van der Waals surface area contributed by atoms with E-state index < -0.39 is 0 Å². The molecule has 1 N–H and O–H groups in total. The predicted molar refractivity (Wildman–Crippen MR) is 131 cm³/mol. The number of piperidine rings is 1. The van der Waals surface area contributed by atoms with Crippen molar-refractivity contribution in [1.82, 2.24) is 14.8 Å². The molecule has 0 aliphatic carbocycles. The molecule has 3 aromatic rings. The number of rotatable bonds is 6. The van der Waals surface area contributed by atoms with E-state index in [0.29, 0.717) is 18.2 Å². The van der Waals surface area contributed by atoms with Crippen LogP contribution in [0, 0.1) is 0 Å². The molecule has 3 heterocycles. The van der Waals surface area contributed by atoms with E-state index in [2.05, 4.69) is 46.4 Å². The molecule has 1 aromatic heterocycles. The largest absolute Gasteiger partial charge is 0.360 e. The van der Waals surface area contributed by atoms with Crippen LogP contribution in [0.3, 0.4) is 0 Å². The lowest BCUT2D eigenvalue weighted by Crippen LogP contribution is -2.36. The Bertz CT molecular complexity index is 1080. The number of unbranched alkanes of at least 4 members (excludes halogenated alkanes) is 1. The fourth-order valence-corrected chi connectivity index (χ4v) is 5.65. The first kappa shape index (κ1) is 21.5. The van der Waals surface area contributed by atoms with Crippen molar-refractivity contribution in [3.8, 4) is 0 Å². The monoisotopic (exact) mass is 449 g/mol. The number of amides is 1. The van der Waals surface area contributed by atoms with Gasteiger partial charge in [0.05, 0.1) is 10.5 Å². The van der Waals surface area contributed by atoms with Crippen LogP contribution < -0.4 is 0 Å². The van der Waals surface area contributed by atoms with Crippen LogP contribution in [0.4, 0.5) is 0 Å². The van der Waals surface area contributed by atoms with Gasteiger partial charge < -0.3 is 14.8 Å². The molecule has 1 saturated heterocycles. The Hall–Kier alpha value is -2.30. The molecule has 0 unspecified atom stereocenters. The molecule has 32 heavy (non-hydrogen) atoms. The van der Waals surface area contributed by atoms with Crippen LogP contribution in [0.25, 0.3) is 10.9 Å². The number of nitrogens with one attached hydrogen (secondary N) is 1. The fourth-order valence-electron chi connectivity index (χ4n) is 5.42.